The molecule has 0 amide bonds. The molecule has 96 valence electrons. The molecule has 0 spiro atoms. The number of hydrogen-bond donors (Lipinski definition) is 1. The molecule has 0 aromatic heterocycles. The highest BCUT2D eigenvalue weighted by molar-refractivity contribution is 5.36. The van der Waals surface area contributed by atoms with Crippen LogP contribution in [0.1, 0.15) is 45.7 Å². The van der Waals surface area contributed by atoms with E-state index in [1.165, 1.54) is 6.07 Å². The summed E-state index contributed by atoms with van der Waals surface area (Å²) in [5, 5.41) is 3.27. The van der Waals surface area contributed by atoms with Crippen molar-refractivity contribution in [1.82, 2.24) is 5.32 Å². The molecule has 1 rings (SSSR count). The molecule has 0 aliphatic heterocycles. The summed E-state index contributed by atoms with van der Waals surface area (Å²) in [5.41, 5.74) is 0.882. The van der Waals surface area contributed by atoms with Crippen LogP contribution in [0.25, 0.3) is 0 Å². The SMILES string of the molecule is CCNC(C)c1cc(F)ccc1OC(C)CC. The van der Waals surface area contributed by atoms with Crippen molar-refractivity contribution in [2.75, 3.05) is 6.54 Å². The predicted molar refractivity (Wildman–Crippen MR) is 68.9 cm³/mol. The molecule has 1 aromatic rings. The maximum Gasteiger partial charge on any atom is 0.124 e. The number of rotatable bonds is 6. The molecule has 0 heterocycles. The van der Waals surface area contributed by atoms with Crippen LogP contribution in [-0.4, -0.2) is 12.6 Å². The number of benzene rings is 1. The summed E-state index contributed by atoms with van der Waals surface area (Å²) in [6.45, 7) is 8.99. The smallest absolute Gasteiger partial charge is 0.124 e. The fraction of sp³-hybridized carbons (Fsp3) is 0.571. The summed E-state index contributed by atoms with van der Waals surface area (Å²) < 4.78 is 19.1. The molecule has 0 bridgehead atoms. The van der Waals surface area contributed by atoms with Gasteiger partial charge < -0.3 is 10.1 Å². The van der Waals surface area contributed by atoms with Gasteiger partial charge in [0.25, 0.3) is 0 Å². The topological polar surface area (TPSA) is 21.3 Å². The molecule has 0 saturated heterocycles. The molecule has 3 heteroatoms. The lowest BCUT2D eigenvalue weighted by Crippen LogP contribution is -2.20. The van der Waals surface area contributed by atoms with Crippen LogP contribution in [0, 0.1) is 5.82 Å². The summed E-state index contributed by atoms with van der Waals surface area (Å²) in [4.78, 5) is 0. The first kappa shape index (κ1) is 14.0. The third-order valence-corrected chi connectivity index (χ3v) is 2.85. The summed E-state index contributed by atoms with van der Waals surface area (Å²) in [6.07, 6.45) is 1.08. The van der Waals surface area contributed by atoms with E-state index in [0.29, 0.717) is 0 Å². The Bertz CT molecular complexity index is 354. The lowest BCUT2D eigenvalue weighted by Gasteiger charge is -2.20. The monoisotopic (exact) mass is 239 g/mol. The second-order valence-corrected chi connectivity index (χ2v) is 4.30. The van der Waals surface area contributed by atoms with Crippen LogP contribution in [-0.2, 0) is 0 Å². The minimum Gasteiger partial charge on any atom is -0.490 e. The van der Waals surface area contributed by atoms with Gasteiger partial charge in [0.1, 0.15) is 11.6 Å². The second kappa shape index (κ2) is 6.60. The molecule has 17 heavy (non-hydrogen) atoms. The molecule has 0 radical (unpaired) electrons. The van der Waals surface area contributed by atoms with Crippen molar-refractivity contribution in [2.45, 2.75) is 46.3 Å². The van der Waals surface area contributed by atoms with Crippen LogP contribution in [0.4, 0.5) is 4.39 Å². The molecule has 0 aliphatic carbocycles. The first-order chi connectivity index (χ1) is 8.08. The Morgan fingerprint density at radius 3 is 2.59 bits per heavy atom. The summed E-state index contributed by atoms with van der Waals surface area (Å²) in [7, 11) is 0. The Labute approximate surface area is 103 Å². The van der Waals surface area contributed by atoms with Gasteiger partial charge in [-0.15, -0.1) is 0 Å². The van der Waals surface area contributed by atoms with Gasteiger partial charge in [0.2, 0.25) is 0 Å². The van der Waals surface area contributed by atoms with Gasteiger partial charge in [-0.05, 0) is 45.0 Å². The minimum absolute atomic E-state index is 0.0924. The van der Waals surface area contributed by atoms with E-state index in [0.717, 1.165) is 24.3 Å². The maximum atomic E-state index is 13.3. The van der Waals surface area contributed by atoms with E-state index in [9.17, 15) is 4.39 Å². The Morgan fingerprint density at radius 2 is 2.00 bits per heavy atom. The average Bonchev–Trinajstić information content (AvgIpc) is 2.31. The third kappa shape index (κ3) is 4.00. The fourth-order valence-electron chi connectivity index (χ4n) is 1.68. The van der Waals surface area contributed by atoms with Crippen molar-refractivity contribution >= 4 is 0 Å². The van der Waals surface area contributed by atoms with E-state index in [1.807, 2.05) is 20.8 Å². The van der Waals surface area contributed by atoms with Crippen LogP contribution in [0.5, 0.6) is 5.75 Å². The molecule has 0 saturated carbocycles. The molecule has 1 aromatic carbocycles. The second-order valence-electron chi connectivity index (χ2n) is 4.30. The van der Waals surface area contributed by atoms with Gasteiger partial charge in [0, 0.05) is 11.6 Å². The lowest BCUT2D eigenvalue weighted by molar-refractivity contribution is 0.213. The zero-order chi connectivity index (χ0) is 12.8. The Morgan fingerprint density at radius 1 is 1.29 bits per heavy atom. The van der Waals surface area contributed by atoms with Gasteiger partial charge in [0.15, 0.2) is 0 Å². The fourth-order valence-corrected chi connectivity index (χ4v) is 1.68. The van der Waals surface area contributed by atoms with E-state index in [-0.39, 0.29) is 18.0 Å². The molecule has 0 fully saturated rings. The minimum atomic E-state index is -0.221. The first-order valence-electron chi connectivity index (χ1n) is 6.27. The van der Waals surface area contributed by atoms with Crippen LogP contribution in [0.3, 0.4) is 0 Å². The van der Waals surface area contributed by atoms with Crippen molar-refractivity contribution in [3.8, 4) is 5.75 Å². The van der Waals surface area contributed by atoms with Crippen LogP contribution in [0.15, 0.2) is 18.2 Å². The molecular weight excluding hydrogens is 217 g/mol. The maximum absolute atomic E-state index is 13.3. The molecule has 2 unspecified atom stereocenters. The number of nitrogens with one attached hydrogen (secondary N) is 1. The quantitative estimate of drug-likeness (QED) is 0.817. The summed E-state index contributed by atoms with van der Waals surface area (Å²) in [5.74, 6) is 0.551. The highest BCUT2D eigenvalue weighted by Crippen LogP contribution is 2.27. The summed E-state index contributed by atoms with van der Waals surface area (Å²) >= 11 is 0. The average molecular weight is 239 g/mol. The Hall–Kier alpha value is -1.09. The van der Waals surface area contributed by atoms with Gasteiger partial charge in [-0.25, -0.2) is 4.39 Å². The van der Waals surface area contributed by atoms with Crippen molar-refractivity contribution < 1.29 is 9.13 Å². The van der Waals surface area contributed by atoms with Crippen LogP contribution in [0.2, 0.25) is 0 Å². The van der Waals surface area contributed by atoms with Crippen LogP contribution >= 0.6 is 0 Å². The first-order valence-corrected chi connectivity index (χ1v) is 6.27. The molecule has 0 aliphatic rings. The highest BCUT2D eigenvalue weighted by atomic mass is 19.1. The zero-order valence-electron chi connectivity index (χ0n) is 11.1. The number of halogens is 1. The van der Waals surface area contributed by atoms with Crippen LogP contribution < -0.4 is 10.1 Å². The Balaban J connectivity index is 2.94. The van der Waals surface area contributed by atoms with E-state index in [1.54, 1.807) is 12.1 Å². The molecule has 2 nitrogen and oxygen atoms in total. The van der Waals surface area contributed by atoms with E-state index >= 15 is 0 Å². The van der Waals surface area contributed by atoms with Gasteiger partial charge in [-0.2, -0.15) is 0 Å². The number of ether oxygens (including phenoxy) is 1. The summed E-state index contributed by atoms with van der Waals surface area (Å²) in [6, 6.07) is 4.80. The van der Waals surface area contributed by atoms with Gasteiger partial charge in [-0.1, -0.05) is 13.8 Å². The van der Waals surface area contributed by atoms with Crippen molar-refractivity contribution in [2.24, 2.45) is 0 Å². The van der Waals surface area contributed by atoms with Crippen molar-refractivity contribution in [3.63, 3.8) is 0 Å². The van der Waals surface area contributed by atoms with E-state index in [2.05, 4.69) is 12.2 Å². The van der Waals surface area contributed by atoms with Crippen molar-refractivity contribution in [1.29, 1.82) is 0 Å². The van der Waals surface area contributed by atoms with E-state index in [4.69, 9.17) is 4.74 Å². The lowest BCUT2D eigenvalue weighted by atomic mass is 10.1. The normalized spacial score (nSPS) is 14.4. The van der Waals surface area contributed by atoms with Gasteiger partial charge in [0.05, 0.1) is 6.10 Å². The van der Waals surface area contributed by atoms with E-state index < -0.39 is 0 Å². The molecular formula is C14H22FNO. The standard InChI is InChI=1S/C14H22FNO/c1-5-10(3)17-14-8-7-12(15)9-13(14)11(4)16-6-2/h7-11,16H,5-6H2,1-4H3. The third-order valence-electron chi connectivity index (χ3n) is 2.85. The van der Waals surface area contributed by atoms with Gasteiger partial charge in [-0.3, -0.25) is 0 Å². The zero-order valence-corrected chi connectivity index (χ0v) is 11.1. The largest absolute Gasteiger partial charge is 0.490 e. The Kier molecular flexibility index (Phi) is 5.42. The highest BCUT2D eigenvalue weighted by Gasteiger charge is 2.13. The molecule has 1 N–H and O–H groups in total. The number of hydrogen-bond acceptors (Lipinski definition) is 2. The van der Waals surface area contributed by atoms with Gasteiger partial charge >= 0.3 is 0 Å². The van der Waals surface area contributed by atoms with Crippen molar-refractivity contribution in [3.05, 3.63) is 29.6 Å². The predicted octanol–water partition coefficient (Wildman–Crippen LogP) is 3.67. The molecule has 2 atom stereocenters.